The van der Waals surface area contributed by atoms with Crippen molar-refractivity contribution in [1.82, 2.24) is 20.8 Å². The summed E-state index contributed by atoms with van der Waals surface area (Å²) in [5.41, 5.74) is 27.1. The number of carbonyl (C=O) groups is 1. The van der Waals surface area contributed by atoms with Crippen molar-refractivity contribution < 1.29 is 4.79 Å². The van der Waals surface area contributed by atoms with Crippen molar-refractivity contribution in [3.8, 4) is 0 Å². The molecule has 0 bridgehead atoms. The maximum Gasteiger partial charge on any atom is 0.292 e. The summed E-state index contributed by atoms with van der Waals surface area (Å²) >= 11 is 5.70. The smallest absolute Gasteiger partial charge is 0.292 e. The second kappa shape index (κ2) is 7.79. The van der Waals surface area contributed by atoms with Crippen LogP contribution in [0.25, 0.3) is 0 Å². The van der Waals surface area contributed by atoms with Crippen molar-refractivity contribution in [2.24, 2.45) is 21.5 Å². The number of nitrogens with zero attached hydrogens (tertiary/aromatic N) is 4. The molecule has 2 aromatic rings. The SMILES string of the molecule is NC(=Nc1ccccc1)/N=C(\N)NNC(=O)c1nc(Cl)c(N)nc1N. The van der Waals surface area contributed by atoms with Crippen LogP contribution in [-0.4, -0.2) is 27.8 Å². The zero-order valence-corrected chi connectivity index (χ0v) is 13.5. The van der Waals surface area contributed by atoms with Gasteiger partial charge in [0.15, 0.2) is 22.5 Å². The van der Waals surface area contributed by atoms with Crippen LogP contribution in [0.2, 0.25) is 5.15 Å². The van der Waals surface area contributed by atoms with Crippen LogP contribution >= 0.6 is 11.6 Å². The summed E-state index contributed by atoms with van der Waals surface area (Å²) in [6.07, 6.45) is 0. The predicted octanol–water partition coefficient (Wildman–Crippen LogP) is -0.510. The lowest BCUT2D eigenvalue weighted by atomic mass is 10.3. The molecular formula is C13H15ClN10O. The number of anilines is 2. The molecule has 2 rings (SSSR count). The summed E-state index contributed by atoms with van der Waals surface area (Å²) in [6.45, 7) is 0. The number of amides is 1. The minimum Gasteiger partial charge on any atom is -0.382 e. The number of nitrogens with one attached hydrogen (secondary N) is 2. The van der Waals surface area contributed by atoms with Gasteiger partial charge in [-0.05, 0) is 12.1 Å². The van der Waals surface area contributed by atoms with E-state index in [9.17, 15) is 4.79 Å². The van der Waals surface area contributed by atoms with Gasteiger partial charge >= 0.3 is 0 Å². The van der Waals surface area contributed by atoms with E-state index in [2.05, 4.69) is 30.8 Å². The Kier molecular flexibility index (Phi) is 5.53. The number of carbonyl (C=O) groups excluding carboxylic acids is 1. The molecule has 0 aliphatic heterocycles. The van der Waals surface area contributed by atoms with E-state index in [4.69, 9.17) is 34.5 Å². The zero-order valence-electron chi connectivity index (χ0n) is 12.8. The van der Waals surface area contributed by atoms with Crippen molar-refractivity contribution in [2.45, 2.75) is 0 Å². The molecule has 0 saturated carbocycles. The average Bonchev–Trinajstić information content (AvgIpc) is 2.56. The van der Waals surface area contributed by atoms with Gasteiger partial charge < -0.3 is 22.9 Å². The van der Waals surface area contributed by atoms with Crippen LogP contribution < -0.4 is 33.8 Å². The number of nitrogen functional groups attached to an aromatic ring is 2. The molecular weight excluding hydrogens is 348 g/mol. The molecule has 0 unspecified atom stereocenters. The summed E-state index contributed by atoms with van der Waals surface area (Å²) in [5, 5.41) is -0.153. The first-order valence-electron chi connectivity index (χ1n) is 6.75. The quantitative estimate of drug-likeness (QED) is 0.233. The van der Waals surface area contributed by atoms with Crippen molar-refractivity contribution >= 4 is 46.8 Å². The highest BCUT2D eigenvalue weighted by Gasteiger charge is 2.15. The summed E-state index contributed by atoms with van der Waals surface area (Å²) in [7, 11) is 0. The Labute approximate surface area is 147 Å². The minimum absolute atomic E-state index is 0.0883. The van der Waals surface area contributed by atoms with E-state index in [1.807, 2.05) is 6.07 Å². The number of aromatic nitrogens is 2. The first-order chi connectivity index (χ1) is 11.9. The van der Waals surface area contributed by atoms with E-state index in [1.54, 1.807) is 24.3 Å². The van der Waals surface area contributed by atoms with Crippen LogP contribution in [0.3, 0.4) is 0 Å². The van der Waals surface area contributed by atoms with Crippen molar-refractivity contribution in [1.29, 1.82) is 0 Å². The number of para-hydroxylation sites is 1. The van der Waals surface area contributed by atoms with Crippen molar-refractivity contribution in [3.63, 3.8) is 0 Å². The van der Waals surface area contributed by atoms with Gasteiger partial charge in [-0.2, -0.15) is 4.99 Å². The Bertz CT molecular complexity index is 836. The maximum absolute atomic E-state index is 12.0. The molecule has 12 heteroatoms. The molecule has 10 N–H and O–H groups in total. The highest BCUT2D eigenvalue weighted by atomic mass is 35.5. The number of hydrogen-bond acceptors (Lipinski definition) is 6. The van der Waals surface area contributed by atoms with Gasteiger partial charge in [0, 0.05) is 0 Å². The van der Waals surface area contributed by atoms with Crippen LogP contribution in [0.4, 0.5) is 17.3 Å². The van der Waals surface area contributed by atoms with Crippen molar-refractivity contribution in [2.75, 3.05) is 11.5 Å². The molecule has 0 aliphatic carbocycles. The number of aliphatic imine (C=N–C) groups is 2. The van der Waals surface area contributed by atoms with Gasteiger partial charge in [-0.3, -0.25) is 15.6 Å². The third kappa shape index (κ3) is 4.94. The van der Waals surface area contributed by atoms with Gasteiger partial charge in [0.2, 0.25) is 11.9 Å². The molecule has 0 fully saturated rings. The third-order valence-electron chi connectivity index (χ3n) is 2.66. The Morgan fingerprint density at radius 1 is 1.04 bits per heavy atom. The Morgan fingerprint density at radius 2 is 1.72 bits per heavy atom. The van der Waals surface area contributed by atoms with Crippen LogP contribution in [0, 0.1) is 0 Å². The van der Waals surface area contributed by atoms with Gasteiger partial charge in [0.25, 0.3) is 5.91 Å². The monoisotopic (exact) mass is 362 g/mol. The molecule has 1 heterocycles. The highest BCUT2D eigenvalue weighted by Crippen LogP contribution is 2.16. The fourth-order valence-corrected chi connectivity index (χ4v) is 1.73. The predicted molar refractivity (Wildman–Crippen MR) is 95.8 cm³/mol. The normalized spacial score (nSPS) is 11.9. The molecule has 0 radical (unpaired) electrons. The molecule has 0 aliphatic rings. The van der Waals surface area contributed by atoms with E-state index in [-0.39, 0.29) is 34.4 Å². The number of guanidine groups is 2. The lowest BCUT2D eigenvalue weighted by molar-refractivity contribution is 0.0939. The van der Waals surface area contributed by atoms with E-state index in [0.29, 0.717) is 5.69 Å². The standard InChI is InChI=1S/C13H15ClN10O/c14-8-10(16)21-9(15)7(20-8)11(25)23-24-13(18)22-12(17)19-6-4-2-1-3-5-6/h1-5H,(H,23,25)(H4,15,16,21)(H5,17,18,19,22,24). The van der Waals surface area contributed by atoms with Gasteiger partial charge in [-0.1, -0.05) is 29.8 Å². The van der Waals surface area contributed by atoms with Gasteiger partial charge in [-0.15, -0.1) is 0 Å². The Hall–Kier alpha value is -3.60. The Morgan fingerprint density at radius 3 is 2.40 bits per heavy atom. The molecule has 0 spiro atoms. The number of hydrogen-bond donors (Lipinski definition) is 6. The molecule has 1 amide bonds. The van der Waals surface area contributed by atoms with E-state index in [0.717, 1.165) is 0 Å². The molecule has 11 nitrogen and oxygen atoms in total. The highest BCUT2D eigenvalue weighted by molar-refractivity contribution is 6.31. The lowest BCUT2D eigenvalue weighted by Gasteiger charge is -2.09. The second-order valence-corrected chi connectivity index (χ2v) is 4.87. The zero-order chi connectivity index (χ0) is 18.4. The fraction of sp³-hybridized carbons (Fsp3) is 0. The molecule has 130 valence electrons. The number of halogens is 1. The van der Waals surface area contributed by atoms with Crippen LogP contribution in [0.5, 0.6) is 0 Å². The molecule has 1 aromatic heterocycles. The van der Waals surface area contributed by atoms with Gasteiger partial charge in [-0.25, -0.2) is 15.0 Å². The molecule has 0 atom stereocenters. The van der Waals surface area contributed by atoms with Gasteiger partial charge in [0.1, 0.15) is 0 Å². The van der Waals surface area contributed by atoms with Crippen LogP contribution in [0.1, 0.15) is 10.5 Å². The number of rotatable bonds is 2. The number of benzene rings is 1. The average molecular weight is 363 g/mol. The van der Waals surface area contributed by atoms with Crippen molar-refractivity contribution in [3.05, 3.63) is 41.2 Å². The molecule has 0 saturated heterocycles. The second-order valence-electron chi connectivity index (χ2n) is 4.52. The first-order valence-corrected chi connectivity index (χ1v) is 7.13. The molecule has 25 heavy (non-hydrogen) atoms. The maximum atomic E-state index is 12.0. The summed E-state index contributed by atoms with van der Waals surface area (Å²) in [6, 6.07) is 8.89. The summed E-state index contributed by atoms with van der Waals surface area (Å²) in [5.74, 6) is -1.35. The summed E-state index contributed by atoms with van der Waals surface area (Å²) in [4.78, 5) is 27.2. The topological polar surface area (TPSA) is 196 Å². The molecule has 1 aromatic carbocycles. The van der Waals surface area contributed by atoms with Crippen LogP contribution in [-0.2, 0) is 0 Å². The third-order valence-corrected chi connectivity index (χ3v) is 2.94. The van der Waals surface area contributed by atoms with E-state index < -0.39 is 5.91 Å². The van der Waals surface area contributed by atoms with E-state index in [1.165, 1.54) is 0 Å². The van der Waals surface area contributed by atoms with E-state index >= 15 is 0 Å². The Balaban J connectivity index is 2.01. The van der Waals surface area contributed by atoms with Crippen LogP contribution in [0.15, 0.2) is 40.3 Å². The first kappa shape index (κ1) is 17.7. The fourth-order valence-electron chi connectivity index (χ4n) is 1.60. The number of nitrogens with two attached hydrogens (primary N) is 4. The largest absolute Gasteiger partial charge is 0.382 e. The number of hydrazine groups is 1. The minimum atomic E-state index is -0.747. The van der Waals surface area contributed by atoms with Gasteiger partial charge in [0.05, 0.1) is 5.69 Å². The summed E-state index contributed by atoms with van der Waals surface area (Å²) < 4.78 is 0. The lowest BCUT2D eigenvalue weighted by Crippen LogP contribution is -2.46.